The van der Waals surface area contributed by atoms with Crippen molar-refractivity contribution in [2.75, 3.05) is 13.6 Å². The van der Waals surface area contributed by atoms with Gasteiger partial charge in [0.05, 0.1) is 17.3 Å². The van der Waals surface area contributed by atoms with Crippen molar-refractivity contribution in [3.63, 3.8) is 0 Å². The van der Waals surface area contributed by atoms with Crippen molar-refractivity contribution in [2.45, 2.75) is 45.8 Å². The summed E-state index contributed by atoms with van der Waals surface area (Å²) >= 11 is 0. The number of amides is 1. The van der Waals surface area contributed by atoms with Crippen LogP contribution >= 0.6 is 0 Å². The third-order valence-electron chi connectivity index (χ3n) is 6.43. The molecule has 0 saturated heterocycles. The number of aromatic nitrogens is 4. The smallest absolute Gasteiger partial charge is 0.409 e. The fourth-order valence-electron chi connectivity index (χ4n) is 4.69. The summed E-state index contributed by atoms with van der Waals surface area (Å²) in [5.41, 5.74) is 2.48. The van der Waals surface area contributed by atoms with Crippen molar-refractivity contribution in [3.8, 4) is 17.1 Å². The molecule has 172 valence electrons. The van der Waals surface area contributed by atoms with Gasteiger partial charge in [0.25, 0.3) is 0 Å². The first kappa shape index (κ1) is 22.0. The first-order valence-electron chi connectivity index (χ1n) is 11.0. The Morgan fingerprint density at radius 2 is 2.09 bits per heavy atom. The van der Waals surface area contributed by atoms with Crippen LogP contribution in [0.25, 0.3) is 11.4 Å². The predicted molar refractivity (Wildman–Crippen MR) is 114 cm³/mol. The van der Waals surface area contributed by atoms with E-state index >= 15 is 0 Å². The van der Waals surface area contributed by atoms with Gasteiger partial charge in [-0.05, 0) is 44.2 Å². The molecule has 0 aromatic carbocycles. The largest absolute Gasteiger partial charge is 0.488 e. The molecule has 10 nitrogen and oxygen atoms in total. The number of aryl methyl sites for hydroxylation is 2. The lowest BCUT2D eigenvalue weighted by Gasteiger charge is -2.18. The predicted octanol–water partition coefficient (Wildman–Crippen LogP) is 2.65. The van der Waals surface area contributed by atoms with E-state index in [1.807, 2.05) is 19.9 Å². The number of hydrogen-bond acceptors (Lipinski definition) is 7. The molecule has 1 unspecified atom stereocenters. The van der Waals surface area contributed by atoms with Gasteiger partial charge in [-0.25, -0.2) is 14.5 Å². The van der Waals surface area contributed by atoms with Crippen molar-refractivity contribution in [3.05, 3.63) is 23.5 Å². The van der Waals surface area contributed by atoms with Crippen LogP contribution in [0.15, 0.2) is 12.1 Å². The Hall–Kier alpha value is -3.17. The van der Waals surface area contributed by atoms with E-state index in [0.717, 1.165) is 19.3 Å². The molecule has 1 amide bonds. The van der Waals surface area contributed by atoms with Crippen LogP contribution in [0, 0.1) is 24.7 Å². The molecular weight excluding hydrogens is 414 g/mol. The molecule has 10 heteroatoms. The number of fused-ring (bicyclic) bond motifs is 1. The number of aliphatic carboxylic acids is 1. The highest BCUT2D eigenvalue weighted by molar-refractivity contribution is 5.75. The topological polar surface area (TPSA) is 120 Å². The zero-order chi connectivity index (χ0) is 23.0. The van der Waals surface area contributed by atoms with Gasteiger partial charge < -0.3 is 19.5 Å². The highest BCUT2D eigenvalue weighted by atomic mass is 16.6. The number of pyridine rings is 1. The minimum Gasteiger partial charge on any atom is -0.488 e. The van der Waals surface area contributed by atoms with Crippen molar-refractivity contribution < 1.29 is 24.2 Å². The molecule has 1 N–H and O–H groups in total. The number of carbonyl (C=O) groups excluding carboxylic acids is 1. The highest BCUT2D eigenvalue weighted by Crippen LogP contribution is 2.58. The monoisotopic (exact) mass is 443 g/mol. The average molecular weight is 444 g/mol. The summed E-state index contributed by atoms with van der Waals surface area (Å²) in [6.45, 7) is 4.50. The van der Waals surface area contributed by atoms with Crippen LogP contribution < -0.4 is 4.74 Å². The molecule has 0 spiro atoms. The summed E-state index contributed by atoms with van der Waals surface area (Å²) in [5.74, 6) is -0.0174. The van der Waals surface area contributed by atoms with Crippen LogP contribution in [0.2, 0.25) is 0 Å². The van der Waals surface area contributed by atoms with Gasteiger partial charge in [-0.3, -0.25) is 4.79 Å². The normalized spacial score (nSPS) is 23.5. The summed E-state index contributed by atoms with van der Waals surface area (Å²) in [6.07, 6.45) is 2.12. The molecule has 2 aromatic heterocycles. The number of nitrogens with zero attached hydrogens (tertiary/aromatic N) is 5. The SMILES string of the molecule is CCCN(C)C(=O)OCc1c(-c2ccc(O[C@@H]3CC[C@H]4C(C(=O)O)[C@@H]34)c(C)n2)nnn1C. The second-order valence-electron chi connectivity index (χ2n) is 8.60. The number of ether oxygens (including phenoxy) is 2. The summed E-state index contributed by atoms with van der Waals surface area (Å²) in [4.78, 5) is 29.6. The number of carboxylic acid groups (broad SMARTS) is 1. The Morgan fingerprint density at radius 3 is 2.75 bits per heavy atom. The summed E-state index contributed by atoms with van der Waals surface area (Å²) in [5, 5.41) is 17.6. The van der Waals surface area contributed by atoms with E-state index < -0.39 is 12.1 Å². The van der Waals surface area contributed by atoms with Crippen molar-refractivity contribution in [2.24, 2.45) is 24.8 Å². The van der Waals surface area contributed by atoms with Gasteiger partial charge in [-0.15, -0.1) is 5.10 Å². The van der Waals surface area contributed by atoms with E-state index in [1.165, 1.54) is 4.90 Å². The van der Waals surface area contributed by atoms with Gasteiger partial charge in [0.15, 0.2) is 0 Å². The van der Waals surface area contributed by atoms with E-state index in [9.17, 15) is 14.7 Å². The van der Waals surface area contributed by atoms with E-state index in [1.54, 1.807) is 24.8 Å². The zero-order valence-corrected chi connectivity index (χ0v) is 18.8. The molecule has 0 bridgehead atoms. The number of carboxylic acids is 1. The lowest BCUT2D eigenvalue weighted by atomic mass is 10.1. The van der Waals surface area contributed by atoms with E-state index in [4.69, 9.17) is 9.47 Å². The maximum Gasteiger partial charge on any atom is 0.409 e. The third kappa shape index (κ3) is 4.13. The minimum absolute atomic E-state index is 0.0341. The Labute approximate surface area is 186 Å². The van der Waals surface area contributed by atoms with Crippen molar-refractivity contribution in [1.29, 1.82) is 0 Å². The zero-order valence-electron chi connectivity index (χ0n) is 18.8. The molecule has 0 radical (unpaired) electrons. The molecule has 32 heavy (non-hydrogen) atoms. The first-order chi connectivity index (χ1) is 15.3. The summed E-state index contributed by atoms with van der Waals surface area (Å²) in [7, 11) is 3.44. The fourth-order valence-corrected chi connectivity index (χ4v) is 4.69. The van der Waals surface area contributed by atoms with Gasteiger partial charge in [0.2, 0.25) is 0 Å². The van der Waals surface area contributed by atoms with Crippen LogP contribution in [0.1, 0.15) is 37.6 Å². The van der Waals surface area contributed by atoms with Crippen LogP contribution in [-0.2, 0) is 23.2 Å². The van der Waals surface area contributed by atoms with E-state index in [2.05, 4.69) is 15.3 Å². The van der Waals surface area contributed by atoms with E-state index in [0.29, 0.717) is 35.1 Å². The van der Waals surface area contributed by atoms with Crippen molar-refractivity contribution in [1.82, 2.24) is 24.9 Å². The first-order valence-corrected chi connectivity index (χ1v) is 11.0. The Kier molecular flexibility index (Phi) is 6.03. The molecule has 2 aliphatic rings. The molecule has 2 fully saturated rings. The number of hydrogen-bond donors (Lipinski definition) is 1. The fraction of sp³-hybridized carbons (Fsp3) is 0.591. The minimum atomic E-state index is -0.727. The molecule has 2 saturated carbocycles. The molecule has 4 atom stereocenters. The second-order valence-corrected chi connectivity index (χ2v) is 8.60. The van der Waals surface area contributed by atoms with Crippen LogP contribution in [-0.4, -0.2) is 61.7 Å². The van der Waals surface area contributed by atoms with Gasteiger partial charge in [-0.1, -0.05) is 12.1 Å². The summed E-state index contributed by atoms with van der Waals surface area (Å²) < 4.78 is 13.1. The quantitative estimate of drug-likeness (QED) is 0.661. The van der Waals surface area contributed by atoms with Crippen LogP contribution in [0.3, 0.4) is 0 Å². The Balaban J connectivity index is 1.45. The average Bonchev–Trinajstić information content (AvgIpc) is 3.17. The Bertz CT molecular complexity index is 1020. The van der Waals surface area contributed by atoms with E-state index in [-0.39, 0.29) is 30.5 Å². The number of carbonyl (C=O) groups is 2. The molecule has 2 heterocycles. The van der Waals surface area contributed by atoms with Gasteiger partial charge in [-0.2, -0.15) is 0 Å². The van der Waals surface area contributed by atoms with Gasteiger partial charge in [0.1, 0.15) is 29.8 Å². The summed E-state index contributed by atoms with van der Waals surface area (Å²) in [6, 6.07) is 3.64. The lowest BCUT2D eigenvalue weighted by Crippen LogP contribution is -2.28. The molecule has 4 rings (SSSR count). The Morgan fingerprint density at radius 1 is 1.31 bits per heavy atom. The molecule has 2 aromatic rings. The second kappa shape index (κ2) is 8.76. The maximum absolute atomic E-state index is 12.1. The third-order valence-corrected chi connectivity index (χ3v) is 6.43. The molecule has 0 aliphatic heterocycles. The highest BCUT2D eigenvalue weighted by Gasteiger charge is 2.63. The van der Waals surface area contributed by atoms with Gasteiger partial charge in [0, 0.05) is 26.6 Å². The maximum atomic E-state index is 12.1. The number of rotatable bonds is 8. The molecular formula is C22H29N5O5. The van der Waals surface area contributed by atoms with Crippen molar-refractivity contribution >= 4 is 12.1 Å². The lowest BCUT2D eigenvalue weighted by molar-refractivity contribution is -0.139. The standard InChI is InChI=1S/C22H29N5O5/c1-5-10-26(3)22(30)31-11-15-20(24-25-27(15)4)14-7-9-16(12(2)23-14)32-17-8-6-13-18(17)19(13)21(28)29/h7,9,13,17-19H,5-6,8,10-11H2,1-4H3,(H,28,29)/t13-,17-,18-,19?/m1/s1. The van der Waals surface area contributed by atoms with Crippen LogP contribution in [0.5, 0.6) is 5.75 Å². The van der Waals surface area contributed by atoms with Gasteiger partial charge >= 0.3 is 12.1 Å². The molecule has 2 aliphatic carbocycles. The van der Waals surface area contributed by atoms with Crippen LogP contribution in [0.4, 0.5) is 4.79 Å².